The monoisotopic (exact) mass is 594 g/mol. The van der Waals surface area contributed by atoms with Crippen LogP contribution >= 0.6 is 0 Å². The molecule has 10 heteroatoms. The molecule has 0 aliphatic heterocycles. The molecule has 0 fully saturated rings. The quantitative estimate of drug-likeness (QED) is 0.0506. The van der Waals surface area contributed by atoms with Crippen LogP contribution in [0.3, 0.4) is 0 Å². The summed E-state index contributed by atoms with van der Waals surface area (Å²) in [4.78, 5) is 35.4. The molecule has 224 valence electrons. The molecule has 10 nitrogen and oxygen atoms in total. The molecule has 0 unspecified atom stereocenters. The van der Waals surface area contributed by atoms with Gasteiger partial charge in [-0.3, -0.25) is 0 Å². The van der Waals surface area contributed by atoms with Gasteiger partial charge in [-0.25, -0.2) is 14.4 Å². The van der Waals surface area contributed by atoms with E-state index in [4.69, 9.17) is 14.2 Å². The van der Waals surface area contributed by atoms with Crippen LogP contribution in [0.4, 0.5) is 0 Å². The fourth-order valence-corrected chi connectivity index (χ4v) is 3.97. The van der Waals surface area contributed by atoms with Gasteiger partial charge in [0, 0.05) is 6.08 Å². The Morgan fingerprint density at radius 1 is 0.773 bits per heavy atom. The van der Waals surface area contributed by atoms with E-state index >= 15 is 0 Å². The fourth-order valence-electron chi connectivity index (χ4n) is 3.97. The Hall–Kier alpha value is -5.77. The number of methoxy groups -OCH3 is 1. The van der Waals surface area contributed by atoms with E-state index in [9.17, 15) is 19.5 Å². The average Bonchev–Trinajstić information content (AvgIpc) is 3.05. The average molecular weight is 595 g/mol. The van der Waals surface area contributed by atoms with E-state index in [-0.39, 0.29) is 11.3 Å². The molecule has 0 aliphatic carbocycles. The van der Waals surface area contributed by atoms with Crippen molar-refractivity contribution in [2.24, 2.45) is 10.2 Å². The maximum Gasteiger partial charge on any atom is 0.343 e. The lowest BCUT2D eigenvalue weighted by molar-refractivity contribution is -0.137. The third-order valence-electron chi connectivity index (χ3n) is 6.26. The Balaban J connectivity index is 1.29. The smallest absolute Gasteiger partial charge is 0.343 e. The Labute approximate surface area is 253 Å². The maximum absolute atomic E-state index is 12.7. The van der Waals surface area contributed by atoms with Crippen LogP contribution in [0.2, 0.25) is 0 Å². The lowest BCUT2D eigenvalue weighted by Crippen LogP contribution is -2.08. The van der Waals surface area contributed by atoms with Crippen molar-refractivity contribution in [3.63, 3.8) is 0 Å². The number of phenolic OH excluding ortho intramolecular Hbond substituents is 1. The van der Waals surface area contributed by atoms with Gasteiger partial charge in [0.2, 0.25) is 0 Å². The van der Waals surface area contributed by atoms with Crippen molar-refractivity contribution < 1.29 is 38.4 Å². The molecule has 0 saturated carbocycles. The minimum atomic E-state index is -0.648. The first-order valence-corrected chi connectivity index (χ1v) is 13.6. The molecule has 0 bridgehead atoms. The molecule has 0 atom stereocenters. The third kappa shape index (κ3) is 8.86. The van der Waals surface area contributed by atoms with Gasteiger partial charge in [-0.05, 0) is 95.4 Å². The van der Waals surface area contributed by atoms with Crippen molar-refractivity contribution in [3.05, 3.63) is 114 Å². The van der Waals surface area contributed by atoms with Crippen LogP contribution in [0.5, 0.6) is 17.2 Å². The van der Waals surface area contributed by atoms with Gasteiger partial charge < -0.3 is 24.1 Å². The van der Waals surface area contributed by atoms with E-state index in [1.54, 1.807) is 48.7 Å². The molecule has 0 aromatic heterocycles. The second-order valence-electron chi connectivity index (χ2n) is 9.37. The predicted molar refractivity (Wildman–Crippen MR) is 166 cm³/mol. The van der Waals surface area contributed by atoms with E-state index < -0.39 is 17.9 Å². The Bertz CT molecular complexity index is 1710. The highest BCUT2D eigenvalue weighted by molar-refractivity contribution is 5.96. The van der Waals surface area contributed by atoms with Gasteiger partial charge in [-0.1, -0.05) is 24.8 Å². The summed E-state index contributed by atoms with van der Waals surface area (Å²) >= 11 is 0. The number of ether oxygens (including phenoxy) is 4. The number of phenols is 1. The zero-order valence-electron chi connectivity index (χ0n) is 24.0. The molecule has 4 aromatic rings. The van der Waals surface area contributed by atoms with Crippen LogP contribution in [-0.4, -0.2) is 55.8 Å². The summed E-state index contributed by atoms with van der Waals surface area (Å²) in [5.41, 5.74) is 1.80. The number of carbonyl (C=O) groups is 3. The van der Waals surface area contributed by atoms with E-state index in [0.717, 1.165) is 22.4 Å². The van der Waals surface area contributed by atoms with Crippen molar-refractivity contribution in [2.75, 3.05) is 20.3 Å². The van der Waals surface area contributed by atoms with Gasteiger partial charge in [0.15, 0.2) is 0 Å². The Kier molecular flexibility index (Phi) is 10.9. The molecule has 0 amide bonds. The Morgan fingerprint density at radius 2 is 1.41 bits per heavy atom. The van der Waals surface area contributed by atoms with Gasteiger partial charge in [0.1, 0.15) is 22.8 Å². The second-order valence-corrected chi connectivity index (χ2v) is 9.37. The number of carbonyl (C=O) groups excluding carboxylic acids is 3. The zero-order chi connectivity index (χ0) is 31.3. The standard InChI is InChI=1S/C34H30N2O8/c1-3-32(38)43-17-5-4-16-42-28-12-9-25(10-13-28)33(39)44-29-14-11-26-18-23(6-8-27(26)20-29)21-35-36-22-24-7-15-31(37)30(19-24)34(40)41-2/h3,6-15,18-22,37H,1,4-5,16-17H2,2H3/b35-21+,36-22+. The number of esters is 3. The fraction of sp³-hybridized carbons (Fsp3) is 0.147. The predicted octanol–water partition coefficient (Wildman–Crippen LogP) is 5.89. The summed E-state index contributed by atoms with van der Waals surface area (Å²) in [6.45, 7) is 4.11. The van der Waals surface area contributed by atoms with Crippen molar-refractivity contribution >= 4 is 41.1 Å². The first kappa shape index (κ1) is 31.2. The minimum absolute atomic E-state index is 0.0397. The largest absolute Gasteiger partial charge is 0.507 e. The lowest BCUT2D eigenvalue weighted by Gasteiger charge is -2.08. The number of unbranched alkanes of at least 4 members (excludes halogenated alkanes) is 1. The molecular formula is C34H30N2O8. The van der Waals surface area contributed by atoms with Crippen molar-refractivity contribution in [3.8, 4) is 17.2 Å². The molecule has 4 aromatic carbocycles. The van der Waals surface area contributed by atoms with Crippen molar-refractivity contribution in [2.45, 2.75) is 12.8 Å². The molecule has 44 heavy (non-hydrogen) atoms. The number of fused-ring (bicyclic) bond motifs is 1. The van der Waals surface area contributed by atoms with E-state index in [2.05, 4.69) is 21.5 Å². The normalized spacial score (nSPS) is 11.0. The molecule has 0 saturated heterocycles. The number of aromatic hydroxyl groups is 1. The Morgan fingerprint density at radius 3 is 2.14 bits per heavy atom. The minimum Gasteiger partial charge on any atom is -0.507 e. The third-order valence-corrected chi connectivity index (χ3v) is 6.26. The van der Waals surface area contributed by atoms with Crippen molar-refractivity contribution in [1.82, 2.24) is 0 Å². The topological polar surface area (TPSA) is 133 Å². The van der Waals surface area contributed by atoms with Crippen molar-refractivity contribution in [1.29, 1.82) is 0 Å². The van der Waals surface area contributed by atoms with E-state index in [0.29, 0.717) is 48.7 Å². The zero-order valence-corrected chi connectivity index (χ0v) is 24.0. The number of nitrogens with zero attached hydrogens (tertiary/aromatic N) is 2. The van der Waals surface area contributed by atoms with Crippen LogP contribution in [0.15, 0.2) is 102 Å². The van der Waals surface area contributed by atoms with Gasteiger partial charge in [-0.2, -0.15) is 10.2 Å². The van der Waals surface area contributed by atoms with Gasteiger partial charge in [0.05, 0.1) is 38.3 Å². The highest BCUT2D eigenvalue weighted by Crippen LogP contribution is 2.23. The molecule has 0 spiro atoms. The van der Waals surface area contributed by atoms with Crippen LogP contribution in [0.25, 0.3) is 10.8 Å². The first-order chi connectivity index (χ1) is 21.4. The molecular weight excluding hydrogens is 564 g/mol. The molecule has 0 radical (unpaired) electrons. The van der Waals surface area contributed by atoms with Crippen LogP contribution in [0, 0.1) is 0 Å². The summed E-state index contributed by atoms with van der Waals surface area (Å²) in [5.74, 6) is -0.733. The maximum atomic E-state index is 12.7. The first-order valence-electron chi connectivity index (χ1n) is 13.6. The summed E-state index contributed by atoms with van der Waals surface area (Å²) < 4.78 is 20.8. The number of benzene rings is 4. The van der Waals surface area contributed by atoms with Gasteiger partial charge >= 0.3 is 17.9 Å². The van der Waals surface area contributed by atoms with E-state index in [1.807, 2.05) is 24.3 Å². The number of hydrogen-bond donors (Lipinski definition) is 1. The van der Waals surface area contributed by atoms with Gasteiger partial charge in [0.25, 0.3) is 0 Å². The molecule has 1 N–H and O–H groups in total. The SMILES string of the molecule is C=CC(=O)OCCCCOc1ccc(C(=O)Oc2ccc3cc(/C=N/N=C/c4ccc(O)c(C(=O)OC)c4)ccc3c2)cc1. The highest BCUT2D eigenvalue weighted by atomic mass is 16.5. The summed E-state index contributed by atoms with van der Waals surface area (Å²) in [7, 11) is 1.24. The summed E-state index contributed by atoms with van der Waals surface area (Å²) in [6.07, 6.45) is 5.55. The molecule has 4 rings (SSSR count). The van der Waals surface area contributed by atoms with E-state index in [1.165, 1.54) is 25.5 Å². The van der Waals surface area contributed by atoms with Crippen LogP contribution in [0.1, 0.15) is 44.7 Å². The lowest BCUT2D eigenvalue weighted by atomic mass is 10.1. The summed E-state index contributed by atoms with van der Waals surface area (Å²) in [6, 6.07) is 22.1. The molecule has 0 heterocycles. The van der Waals surface area contributed by atoms with Crippen LogP contribution < -0.4 is 9.47 Å². The number of hydrogen-bond acceptors (Lipinski definition) is 10. The van der Waals surface area contributed by atoms with Crippen LogP contribution in [-0.2, 0) is 14.3 Å². The summed E-state index contributed by atoms with van der Waals surface area (Å²) in [5, 5.41) is 19.7. The highest BCUT2D eigenvalue weighted by Gasteiger charge is 2.12. The second kappa shape index (κ2) is 15.5. The number of rotatable bonds is 13. The van der Waals surface area contributed by atoms with Gasteiger partial charge in [-0.15, -0.1) is 0 Å². The molecule has 0 aliphatic rings.